The number of hydrogen-bond donors (Lipinski definition) is 2. The van der Waals surface area contributed by atoms with Gasteiger partial charge in [0.05, 0.1) is 11.5 Å². The zero-order valence-electron chi connectivity index (χ0n) is 8.96. The maximum Gasteiger partial charge on any atom is 0.272 e. The number of sulfone groups is 1. The number of carbonyl (C=O) groups excluding carboxylic acids is 1. The lowest BCUT2D eigenvalue weighted by Crippen LogP contribution is -2.36. The summed E-state index contributed by atoms with van der Waals surface area (Å²) in [6.45, 7) is 0. The predicted octanol–water partition coefficient (Wildman–Crippen LogP) is -1.02. The highest BCUT2D eigenvalue weighted by atomic mass is 32.2. The first-order valence-corrected chi connectivity index (χ1v) is 6.89. The van der Waals surface area contributed by atoms with E-state index in [0.29, 0.717) is 6.42 Å². The summed E-state index contributed by atoms with van der Waals surface area (Å²) in [5.74, 6) is -0.100. The Labute approximate surface area is 98.3 Å². The van der Waals surface area contributed by atoms with Gasteiger partial charge in [-0.05, 0) is 18.6 Å². The first-order chi connectivity index (χ1) is 7.96. The maximum absolute atomic E-state index is 11.7. The lowest BCUT2D eigenvalue weighted by atomic mass is 10.2. The molecule has 3 N–H and O–H groups in total. The molecule has 0 radical (unpaired) electrons. The van der Waals surface area contributed by atoms with Crippen molar-refractivity contribution >= 4 is 21.6 Å². The van der Waals surface area contributed by atoms with Crippen LogP contribution in [0.15, 0.2) is 12.1 Å². The molecule has 0 bridgehead atoms. The summed E-state index contributed by atoms with van der Waals surface area (Å²) in [4.78, 5) is 11.7. The van der Waals surface area contributed by atoms with Gasteiger partial charge in [-0.1, -0.05) is 0 Å². The van der Waals surface area contributed by atoms with Crippen LogP contribution >= 0.6 is 0 Å². The standard InChI is InChI=1S/C9H12N4O3S/c10-8-2-1-7(12-13-8)9(14)11-6-3-4-17(15,16)5-6/h1-2,6H,3-5H2,(H2,10,13)(H,11,14). The van der Waals surface area contributed by atoms with Crippen molar-refractivity contribution < 1.29 is 13.2 Å². The average molecular weight is 256 g/mol. The van der Waals surface area contributed by atoms with Gasteiger partial charge >= 0.3 is 0 Å². The van der Waals surface area contributed by atoms with Gasteiger partial charge in [-0.3, -0.25) is 4.79 Å². The number of rotatable bonds is 2. The molecule has 1 aromatic heterocycles. The molecular weight excluding hydrogens is 244 g/mol. The number of carbonyl (C=O) groups is 1. The van der Waals surface area contributed by atoms with Crippen LogP contribution in [0.1, 0.15) is 16.9 Å². The Morgan fingerprint density at radius 3 is 2.71 bits per heavy atom. The minimum absolute atomic E-state index is 0.0128. The molecule has 1 aliphatic rings. The molecule has 17 heavy (non-hydrogen) atoms. The Morgan fingerprint density at radius 1 is 1.41 bits per heavy atom. The van der Waals surface area contributed by atoms with Crippen molar-refractivity contribution in [2.75, 3.05) is 17.2 Å². The van der Waals surface area contributed by atoms with Gasteiger partial charge < -0.3 is 11.1 Å². The first-order valence-electron chi connectivity index (χ1n) is 5.07. The van der Waals surface area contributed by atoms with E-state index in [2.05, 4.69) is 15.5 Å². The van der Waals surface area contributed by atoms with E-state index in [4.69, 9.17) is 5.73 Å². The van der Waals surface area contributed by atoms with Crippen LogP contribution in [-0.2, 0) is 9.84 Å². The van der Waals surface area contributed by atoms with Gasteiger partial charge in [0.2, 0.25) is 0 Å². The average Bonchev–Trinajstić information content (AvgIpc) is 2.59. The molecule has 0 aliphatic carbocycles. The summed E-state index contributed by atoms with van der Waals surface area (Å²) >= 11 is 0. The molecule has 7 nitrogen and oxygen atoms in total. The third-order valence-corrected chi connectivity index (χ3v) is 4.25. The molecule has 1 aliphatic heterocycles. The molecule has 1 saturated heterocycles. The molecule has 0 aromatic carbocycles. The van der Waals surface area contributed by atoms with Crippen LogP contribution in [0.4, 0.5) is 5.82 Å². The number of aromatic nitrogens is 2. The zero-order valence-corrected chi connectivity index (χ0v) is 9.77. The predicted molar refractivity (Wildman–Crippen MR) is 61.0 cm³/mol. The Morgan fingerprint density at radius 2 is 2.18 bits per heavy atom. The molecule has 1 amide bonds. The van der Waals surface area contributed by atoms with Crippen molar-refractivity contribution in [2.24, 2.45) is 0 Å². The van der Waals surface area contributed by atoms with Crippen molar-refractivity contribution in [1.29, 1.82) is 0 Å². The van der Waals surface area contributed by atoms with Crippen molar-refractivity contribution in [3.63, 3.8) is 0 Å². The largest absolute Gasteiger partial charge is 0.382 e. The van der Waals surface area contributed by atoms with Crippen LogP contribution in [0.2, 0.25) is 0 Å². The normalized spacial score (nSPS) is 22.2. The van der Waals surface area contributed by atoms with Crippen molar-refractivity contribution in [2.45, 2.75) is 12.5 Å². The number of nitrogens with two attached hydrogens (primary N) is 1. The van der Waals surface area contributed by atoms with E-state index in [1.165, 1.54) is 12.1 Å². The summed E-state index contributed by atoms with van der Waals surface area (Å²) in [5.41, 5.74) is 5.47. The minimum Gasteiger partial charge on any atom is -0.382 e. The van der Waals surface area contributed by atoms with Gasteiger partial charge in [-0.2, -0.15) is 0 Å². The molecule has 8 heteroatoms. The second kappa shape index (κ2) is 4.28. The zero-order chi connectivity index (χ0) is 12.5. The molecule has 1 atom stereocenters. The van der Waals surface area contributed by atoms with E-state index in [-0.39, 0.29) is 29.1 Å². The molecule has 1 fully saturated rings. The van der Waals surface area contributed by atoms with Crippen LogP contribution in [0.25, 0.3) is 0 Å². The van der Waals surface area contributed by atoms with Gasteiger partial charge in [-0.25, -0.2) is 8.42 Å². The molecule has 2 rings (SSSR count). The van der Waals surface area contributed by atoms with Crippen LogP contribution < -0.4 is 11.1 Å². The number of amides is 1. The van der Waals surface area contributed by atoms with Gasteiger partial charge in [0.15, 0.2) is 15.5 Å². The molecule has 0 spiro atoms. The quantitative estimate of drug-likeness (QED) is 0.699. The second-order valence-corrected chi connectivity index (χ2v) is 6.15. The SMILES string of the molecule is Nc1ccc(C(=O)NC2CCS(=O)(=O)C2)nn1. The highest BCUT2D eigenvalue weighted by molar-refractivity contribution is 7.91. The summed E-state index contributed by atoms with van der Waals surface area (Å²) in [5, 5.41) is 9.78. The highest BCUT2D eigenvalue weighted by Gasteiger charge is 2.29. The topological polar surface area (TPSA) is 115 Å². The first kappa shape index (κ1) is 11.8. The van der Waals surface area contributed by atoms with Crippen molar-refractivity contribution in [3.8, 4) is 0 Å². The monoisotopic (exact) mass is 256 g/mol. The highest BCUT2D eigenvalue weighted by Crippen LogP contribution is 2.11. The van der Waals surface area contributed by atoms with E-state index in [0.717, 1.165) is 0 Å². The fourth-order valence-corrected chi connectivity index (χ4v) is 3.31. The van der Waals surface area contributed by atoms with Crippen LogP contribution in [-0.4, -0.2) is 42.1 Å². The smallest absolute Gasteiger partial charge is 0.272 e. The van der Waals surface area contributed by atoms with Crippen molar-refractivity contribution in [1.82, 2.24) is 15.5 Å². The summed E-state index contributed by atoms with van der Waals surface area (Å²) in [7, 11) is -3.00. The summed E-state index contributed by atoms with van der Waals surface area (Å²) < 4.78 is 22.4. The molecule has 0 saturated carbocycles. The Hall–Kier alpha value is -1.70. The number of nitrogens with one attached hydrogen (secondary N) is 1. The van der Waals surface area contributed by atoms with E-state index in [9.17, 15) is 13.2 Å². The number of nitrogens with zero attached hydrogens (tertiary/aromatic N) is 2. The van der Waals surface area contributed by atoms with Crippen molar-refractivity contribution in [3.05, 3.63) is 17.8 Å². The molecule has 1 unspecified atom stereocenters. The lowest BCUT2D eigenvalue weighted by Gasteiger charge is -2.09. The lowest BCUT2D eigenvalue weighted by molar-refractivity contribution is 0.0935. The number of anilines is 1. The van der Waals surface area contributed by atoms with E-state index >= 15 is 0 Å². The maximum atomic E-state index is 11.7. The Kier molecular flexibility index (Phi) is 2.97. The summed E-state index contributed by atoms with van der Waals surface area (Å²) in [6, 6.07) is 2.57. The second-order valence-electron chi connectivity index (χ2n) is 3.92. The summed E-state index contributed by atoms with van der Waals surface area (Å²) in [6.07, 6.45) is 0.441. The molecule has 1 aromatic rings. The van der Waals surface area contributed by atoms with Crippen LogP contribution in [0.3, 0.4) is 0 Å². The Bertz CT molecular complexity index is 526. The van der Waals surface area contributed by atoms with Gasteiger partial charge in [-0.15, -0.1) is 10.2 Å². The molecule has 2 heterocycles. The molecule has 92 valence electrons. The van der Waals surface area contributed by atoms with Gasteiger partial charge in [0.25, 0.3) is 5.91 Å². The molecular formula is C9H12N4O3S. The van der Waals surface area contributed by atoms with E-state index in [1.807, 2.05) is 0 Å². The van der Waals surface area contributed by atoms with Gasteiger partial charge in [0, 0.05) is 6.04 Å². The third-order valence-electron chi connectivity index (χ3n) is 2.49. The van der Waals surface area contributed by atoms with Crippen LogP contribution in [0, 0.1) is 0 Å². The third kappa shape index (κ3) is 2.90. The number of hydrogen-bond acceptors (Lipinski definition) is 6. The van der Waals surface area contributed by atoms with E-state index in [1.54, 1.807) is 0 Å². The fourth-order valence-electron chi connectivity index (χ4n) is 1.63. The van der Waals surface area contributed by atoms with Gasteiger partial charge in [0.1, 0.15) is 5.82 Å². The number of nitrogen functional groups attached to an aromatic ring is 1. The minimum atomic E-state index is -3.00. The van der Waals surface area contributed by atoms with E-state index < -0.39 is 15.7 Å². The fraction of sp³-hybridized carbons (Fsp3) is 0.444. The Balaban J connectivity index is 2.01. The van der Waals surface area contributed by atoms with Crippen LogP contribution in [0.5, 0.6) is 0 Å².